The minimum atomic E-state index is -2.68. The molecule has 4 rings (SSSR count). The standard InChI is InChI=1S/C21H27O2P/c1-2-16-11-13-17(14-12-16)15-24(22)21-10-6-4-8-19(21)18-7-3-5-9-20(18)23-24/h2-4,6-8,10-11,13,16-21H,1,5,9,12,14-15H2. The van der Waals surface area contributed by atoms with E-state index < -0.39 is 7.37 Å². The van der Waals surface area contributed by atoms with Gasteiger partial charge >= 0.3 is 0 Å². The van der Waals surface area contributed by atoms with Gasteiger partial charge in [-0.3, -0.25) is 4.57 Å². The van der Waals surface area contributed by atoms with Crippen LogP contribution in [0.3, 0.4) is 0 Å². The highest BCUT2D eigenvalue weighted by Gasteiger charge is 2.50. The summed E-state index contributed by atoms with van der Waals surface area (Å²) in [5, 5.41) is 0. The number of hydrogen-bond donors (Lipinski definition) is 0. The molecule has 128 valence electrons. The van der Waals surface area contributed by atoms with Gasteiger partial charge in [-0.2, -0.15) is 0 Å². The summed E-state index contributed by atoms with van der Waals surface area (Å²) in [6.07, 6.45) is 24.7. The smallest absolute Gasteiger partial charge is 0.211 e. The van der Waals surface area contributed by atoms with E-state index in [9.17, 15) is 4.57 Å². The Kier molecular flexibility index (Phi) is 4.54. The SMILES string of the molecule is C=CC1C=CC(CP2(=O)OC3CCC=CC3C3C=CC=CC32)CC1. The molecule has 1 fully saturated rings. The van der Waals surface area contributed by atoms with E-state index in [1.165, 1.54) is 0 Å². The molecule has 7 atom stereocenters. The molecule has 0 saturated carbocycles. The minimum Gasteiger partial charge on any atom is -0.324 e. The molecule has 4 aliphatic rings. The van der Waals surface area contributed by atoms with E-state index in [0.29, 0.717) is 29.8 Å². The van der Waals surface area contributed by atoms with Crippen LogP contribution in [0.25, 0.3) is 0 Å². The topological polar surface area (TPSA) is 26.3 Å². The van der Waals surface area contributed by atoms with Gasteiger partial charge in [0.2, 0.25) is 7.37 Å². The number of allylic oxidation sites excluding steroid dienone is 8. The molecule has 0 spiro atoms. The Morgan fingerprint density at radius 2 is 1.92 bits per heavy atom. The van der Waals surface area contributed by atoms with Gasteiger partial charge < -0.3 is 4.52 Å². The van der Waals surface area contributed by atoms with Gasteiger partial charge in [0.15, 0.2) is 0 Å². The summed E-state index contributed by atoms with van der Waals surface area (Å²) in [4.78, 5) is 0. The zero-order valence-corrected chi connectivity index (χ0v) is 15.1. The van der Waals surface area contributed by atoms with Crippen LogP contribution in [0.15, 0.2) is 61.3 Å². The van der Waals surface area contributed by atoms with Crippen molar-refractivity contribution in [1.82, 2.24) is 0 Å². The van der Waals surface area contributed by atoms with Crippen LogP contribution in [0.5, 0.6) is 0 Å². The van der Waals surface area contributed by atoms with Gasteiger partial charge in [-0.15, -0.1) is 6.58 Å². The van der Waals surface area contributed by atoms with Crippen LogP contribution >= 0.6 is 7.37 Å². The van der Waals surface area contributed by atoms with Gasteiger partial charge in [0.1, 0.15) is 0 Å². The fourth-order valence-electron chi connectivity index (χ4n) is 4.73. The van der Waals surface area contributed by atoms with E-state index in [1.807, 2.05) is 6.08 Å². The fourth-order valence-corrected chi connectivity index (χ4v) is 8.05. The molecule has 3 aliphatic carbocycles. The monoisotopic (exact) mass is 342 g/mol. The van der Waals surface area contributed by atoms with Gasteiger partial charge in [-0.1, -0.05) is 54.7 Å². The van der Waals surface area contributed by atoms with E-state index in [1.54, 1.807) is 0 Å². The summed E-state index contributed by atoms with van der Waals surface area (Å²) >= 11 is 0. The molecule has 0 N–H and O–H groups in total. The predicted octanol–water partition coefficient (Wildman–Crippen LogP) is 5.51. The van der Waals surface area contributed by atoms with Crippen LogP contribution in [0.1, 0.15) is 25.7 Å². The first kappa shape index (κ1) is 16.4. The highest BCUT2D eigenvalue weighted by molar-refractivity contribution is 7.60. The van der Waals surface area contributed by atoms with Gasteiger partial charge in [-0.05, 0) is 37.5 Å². The largest absolute Gasteiger partial charge is 0.324 e. The molecule has 1 aliphatic heterocycles. The Morgan fingerprint density at radius 1 is 1.04 bits per heavy atom. The third-order valence-corrected chi connectivity index (χ3v) is 9.09. The van der Waals surface area contributed by atoms with Crippen LogP contribution in [0.4, 0.5) is 0 Å². The van der Waals surface area contributed by atoms with E-state index in [2.05, 4.69) is 55.2 Å². The van der Waals surface area contributed by atoms with Crippen molar-refractivity contribution in [3.05, 3.63) is 61.3 Å². The first-order chi connectivity index (χ1) is 11.7. The lowest BCUT2D eigenvalue weighted by Crippen LogP contribution is -2.42. The maximum absolute atomic E-state index is 13.9. The van der Waals surface area contributed by atoms with Gasteiger partial charge in [0, 0.05) is 18.0 Å². The summed E-state index contributed by atoms with van der Waals surface area (Å²) in [6.45, 7) is 3.88. The minimum absolute atomic E-state index is 0.0528. The first-order valence-electron chi connectivity index (χ1n) is 9.29. The average molecular weight is 342 g/mol. The molecule has 0 bridgehead atoms. The number of rotatable bonds is 3. The highest BCUT2D eigenvalue weighted by atomic mass is 31.2. The molecule has 0 amide bonds. The third-order valence-electron chi connectivity index (χ3n) is 6.06. The molecule has 0 aromatic heterocycles. The number of hydrogen-bond acceptors (Lipinski definition) is 2. The Hall–Kier alpha value is -1.11. The zero-order valence-electron chi connectivity index (χ0n) is 14.2. The van der Waals surface area contributed by atoms with E-state index in [0.717, 1.165) is 25.7 Å². The third kappa shape index (κ3) is 2.95. The van der Waals surface area contributed by atoms with E-state index in [4.69, 9.17) is 4.52 Å². The van der Waals surface area contributed by atoms with Crippen LogP contribution in [0.2, 0.25) is 0 Å². The van der Waals surface area contributed by atoms with Crippen LogP contribution in [0, 0.1) is 23.7 Å². The number of fused-ring (bicyclic) bond motifs is 3. The predicted molar refractivity (Wildman–Crippen MR) is 100 cm³/mol. The van der Waals surface area contributed by atoms with Crippen molar-refractivity contribution < 1.29 is 9.09 Å². The quantitative estimate of drug-likeness (QED) is 0.499. The zero-order chi connectivity index (χ0) is 16.6. The summed E-state index contributed by atoms with van der Waals surface area (Å²) in [7, 11) is -2.68. The maximum Gasteiger partial charge on any atom is 0.211 e. The van der Waals surface area contributed by atoms with Crippen LogP contribution in [-0.4, -0.2) is 17.9 Å². The van der Waals surface area contributed by atoms with Crippen molar-refractivity contribution in [2.75, 3.05) is 6.16 Å². The van der Waals surface area contributed by atoms with Gasteiger partial charge in [-0.25, -0.2) is 0 Å². The van der Waals surface area contributed by atoms with E-state index >= 15 is 0 Å². The lowest BCUT2D eigenvalue weighted by molar-refractivity contribution is 0.0959. The molecule has 3 heteroatoms. The summed E-state index contributed by atoms with van der Waals surface area (Å²) in [6, 6.07) is 0. The Bertz CT molecular complexity index is 657. The Balaban J connectivity index is 1.58. The normalized spacial score (nSPS) is 46.3. The van der Waals surface area contributed by atoms with Crippen molar-refractivity contribution in [2.45, 2.75) is 37.4 Å². The molecule has 0 aromatic carbocycles. The molecule has 1 heterocycles. The van der Waals surface area contributed by atoms with Crippen molar-refractivity contribution in [3.63, 3.8) is 0 Å². The fraction of sp³-hybridized carbons (Fsp3) is 0.524. The summed E-state index contributed by atoms with van der Waals surface area (Å²) < 4.78 is 20.3. The molecular weight excluding hydrogens is 315 g/mol. The Labute approximate surface area is 145 Å². The first-order valence-corrected chi connectivity index (χ1v) is 11.2. The van der Waals surface area contributed by atoms with Crippen molar-refractivity contribution >= 4 is 7.37 Å². The van der Waals surface area contributed by atoms with E-state index in [-0.39, 0.29) is 11.8 Å². The average Bonchev–Trinajstić information content (AvgIpc) is 2.62. The van der Waals surface area contributed by atoms with Gasteiger partial charge in [0.25, 0.3) is 0 Å². The maximum atomic E-state index is 13.9. The molecule has 24 heavy (non-hydrogen) atoms. The second kappa shape index (κ2) is 6.65. The van der Waals surface area contributed by atoms with Crippen molar-refractivity contribution in [2.24, 2.45) is 23.7 Å². The molecular formula is C21H27O2P. The van der Waals surface area contributed by atoms with Crippen molar-refractivity contribution in [3.8, 4) is 0 Å². The van der Waals surface area contributed by atoms with Crippen LogP contribution < -0.4 is 0 Å². The molecule has 1 saturated heterocycles. The second-order valence-corrected chi connectivity index (χ2v) is 10.2. The lowest BCUT2D eigenvalue weighted by Gasteiger charge is -2.47. The molecule has 0 aromatic rings. The lowest BCUT2D eigenvalue weighted by atomic mass is 9.79. The molecule has 7 unspecified atom stereocenters. The second-order valence-electron chi connectivity index (χ2n) is 7.60. The molecule has 0 radical (unpaired) electrons. The van der Waals surface area contributed by atoms with Crippen LogP contribution in [-0.2, 0) is 9.09 Å². The van der Waals surface area contributed by atoms with Gasteiger partial charge in [0.05, 0.1) is 11.8 Å². The van der Waals surface area contributed by atoms with Crippen molar-refractivity contribution in [1.29, 1.82) is 0 Å². The molecule has 2 nitrogen and oxygen atoms in total. The summed E-state index contributed by atoms with van der Waals surface area (Å²) in [5.74, 6) is 1.58. The summed E-state index contributed by atoms with van der Waals surface area (Å²) in [5.41, 5.74) is 0.0528. The Morgan fingerprint density at radius 3 is 2.71 bits per heavy atom. The highest BCUT2D eigenvalue weighted by Crippen LogP contribution is 2.64.